The molecule has 36 heavy (non-hydrogen) atoms. The lowest BCUT2D eigenvalue weighted by Crippen LogP contribution is -2.42. The monoisotopic (exact) mass is 487 g/mol. The van der Waals surface area contributed by atoms with Crippen molar-refractivity contribution >= 4 is 28.1 Å². The van der Waals surface area contributed by atoms with Crippen LogP contribution in [0.5, 0.6) is 5.75 Å². The van der Waals surface area contributed by atoms with Gasteiger partial charge >= 0.3 is 0 Å². The third kappa shape index (κ3) is 3.97. The molecule has 3 aliphatic heterocycles. The lowest BCUT2D eigenvalue weighted by molar-refractivity contribution is -0.137. The third-order valence-corrected chi connectivity index (χ3v) is 7.84. The molecule has 0 saturated carbocycles. The number of rotatable bonds is 4. The van der Waals surface area contributed by atoms with Crippen LogP contribution in [0.2, 0.25) is 0 Å². The van der Waals surface area contributed by atoms with E-state index in [1.54, 1.807) is 6.07 Å². The zero-order valence-corrected chi connectivity index (χ0v) is 20.7. The molecular formula is C28H30FN5O2. The average Bonchev–Trinajstić information content (AvgIpc) is 3.35. The molecule has 186 valence electrons. The first-order valence-electron chi connectivity index (χ1n) is 12.6. The number of hydrogen-bond acceptors (Lipinski definition) is 6. The van der Waals surface area contributed by atoms with Gasteiger partial charge in [-0.3, -0.25) is 4.79 Å². The number of amides is 1. The largest absolute Gasteiger partial charge is 0.494 e. The standard InChI is InChI=1S/C28H30FN5O2/c1-32-10-7-19-16-34(17-22(19)28(32)35)26-14-24(31-25-15-27(36-2)23(29)13-21(25)26)18-3-5-20(6-4-18)33-11-8-30-9-12-33/h3,5,13-15,19,22,30H,7-12,16-17H2,1-2H3. The van der Waals surface area contributed by atoms with Crippen molar-refractivity contribution in [3.8, 4) is 5.75 Å². The average molecular weight is 488 g/mol. The van der Waals surface area contributed by atoms with Crippen LogP contribution in [0.3, 0.4) is 0 Å². The van der Waals surface area contributed by atoms with Gasteiger partial charge in [-0.25, -0.2) is 9.37 Å². The maximum Gasteiger partial charge on any atom is 0.227 e. The summed E-state index contributed by atoms with van der Waals surface area (Å²) in [6, 6.07) is 5.15. The third-order valence-electron chi connectivity index (χ3n) is 7.84. The first-order chi connectivity index (χ1) is 17.5. The number of nitrogens with one attached hydrogen (secondary N) is 1. The molecule has 4 aliphatic rings. The Hall–Kier alpha value is -3.57. The number of likely N-dealkylation sites (tertiary alicyclic amines) is 1. The fourth-order valence-electron chi connectivity index (χ4n) is 5.78. The Morgan fingerprint density at radius 1 is 1.08 bits per heavy atom. The number of hydrogen-bond donors (Lipinski definition) is 1. The highest BCUT2D eigenvalue weighted by atomic mass is 19.1. The number of pyridine rings is 1. The van der Waals surface area contributed by atoms with Crippen LogP contribution in [0.15, 0.2) is 47.5 Å². The molecule has 1 N–H and O–H groups in total. The maximum atomic E-state index is 14.8. The topological polar surface area (TPSA) is 60.9 Å². The van der Waals surface area contributed by atoms with Gasteiger partial charge in [0.2, 0.25) is 5.91 Å². The van der Waals surface area contributed by atoms with Gasteiger partial charge in [0.1, 0.15) is 0 Å². The molecule has 6 rings (SSSR count). The van der Waals surface area contributed by atoms with Crippen LogP contribution in [-0.4, -0.2) is 80.7 Å². The van der Waals surface area contributed by atoms with E-state index in [-0.39, 0.29) is 17.6 Å². The Labute approximate surface area is 210 Å². The number of halogens is 1. The van der Waals surface area contributed by atoms with Gasteiger partial charge < -0.3 is 24.8 Å². The van der Waals surface area contributed by atoms with E-state index in [2.05, 4.69) is 32.7 Å². The summed E-state index contributed by atoms with van der Waals surface area (Å²) in [5.41, 5.74) is 10.7. The van der Waals surface area contributed by atoms with Gasteiger partial charge in [-0.1, -0.05) is 5.73 Å². The number of piperazine rings is 1. The molecule has 3 fully saturated rings. The molecule has 3 saturated heterocycles. The molecule has 0 bridgehead atoms. The molecule has 1 amide bonds. The zero-order valence-electron chi connectivity index (χ0n) is 20.7. The maximum absolute atomic E-state index is 14.8. The highest BCUT2D eigenvalue weighted by Crippen LogP contribution is 2.39. The SMILES string of the molecule is COc1cc2nc(C3=C=C=C(N4CCNCC4)C=C3)cc(N3CC4CCN(C)C(=O)C4C3)c2cc1F. The first-order valence-corrected chi connectivity index (χ1v) is 12.6. The Balaban J connectivity index is 1.44. The molecule has 0 radical (unpaired) electrons. The van der Waals surface area contributed by atoms with Crippen molar-refractivity contribution in [1.29, 1.82) is 0 Å². The Kier molecular flexibility index (Phi) is 5.81. The van der Waals surface area contributed by atoms with Crippen molar-refractivity contribution in [3.63, 3.8) is 0 Å². The van der Waals surface area contributed by atoms with E-state index in [1.807, 2.05) is 24.1 Å². The molecule has 4 heterocycles. The molecule has 8 heteroatoms. The number of ether oxygens (including phenoxy) is 1. The highest BCUT2D eigenvalue weighted by molar-refractivity contribution is 5.96. The minimum atomic E-state index is -0.423. The molecule has 2 unspecified atom stereocenters. The molecule has 1 aromatic carbocycles. The number of anilines is 1. The lowest BCUT2D eigenvalue weighted by Gasteiger charge is -2.30. The summed E-state index contributed by atoms with van der Waals surface area (Å²) in [5.74, 6) is 0.216. The normalized spacial score (nSPS) is 23.8. The predicted octanol–water partition coefficient (Wildman–Crippen LogP) is 2.79. The Morgan fingerprint density at radius 2 is 1.92 bits per heavy atom. The van der Waals surface area contributed by atoms with Crippen LogP contribution in [-0.2, 0) is 4.79 Å². The van der Waals surface area contributed by atoms with Gasteiger partial charge in [0, 0.05) is 70.0 Å². The highest BCUT2D eigenvalue weighted by Gasteiger charge is 2.42. The second-order valence-electron chi connectivity index (χ2n) is 9.97. The van der Waals surface area contributed by atoms with Gasteiger partial charge in [0.05, 0.1) is 35.5 Å². The van der Waals surface area contributed by atoms with Crippen LogP contribution in [0.1, 0.15) is 12.1 Å². The smallest absolute Gasteiger partial charge is 0.227 e. The van der Waals surface area contributed by atoms with Crippen molar-refractivity contribution in [2.24, 2.45) is 11.8 Å². The van der Waals surface area contributed by atoms with Crippen LogP contribution in [0.25, 0.3) is 16.5 Å². The Morgan fingerprint density at radius 3 is 2.67 bits per heavy atom. The van der Waals surface area contributed by atoms with Crippen LogP contribution >= 0.6 is 0 Å². The predicted molar refractivity (Wildman–Crippen MR) is 137 cm³/mol. The van der Waals surface area contributed by atoms with E-state index in [4.69, 9.17) is 9.72 Å². The number of carbonyl (C=O) groups excluding carboxylic acids is 1. The second-order valence-corrected chi connectivity index (χ2v) is 9.97. The number of methoxy groups -OCH3 is 1. The van der Waals surface area contributed by atoms with Gasteiger partial charge in [-0.2, -0.15) is 0 Å². The number of allylic oxidation sites excluding steroid dienone is 3. The van der Waals surface area contributed by atoms with Crippen molar-refractivity contribution in [3.05, 3.63) is 59.0 Å². The van der Waals surface area contributed by atoms with Crippen molar-refractivity contribution in [1.82, 2.24) is 20.1 Å². The van der Waals surface area contributed by atoms with Crippen LogP contribution < -0.4 is 15.0 Å². The number of fused-ring (bicyclic) bond motifs is 2. The summed E-state index contributed by atoms with van der Waals surface area (Å²) in [4.78, 5) is 24.0. The minimum Gasteiger partial charge on any atom is -0.494 e. The van der Waals surface area contributed by atoms with E-state index < -0.39 is 5.82 Å². The molecule has 2 aromatic rings. The fourth-order valence-corrected chi connectivity index (χ4v) is 5.78. The molecule has 2 atom stereocenters. The lowest BCUT2D eigenvalue weighted by atomic mass is 9.88. The molecule has 0 spiro atoms. The zero-order chi connectivity index (χ0) is 24.8. The fraction of sp³-hybridized carbons (Fsp3) is 0.429. The van der Waals surface area contributed by atoms with E-state index in [9.17, 15) is 9.18 Å². The molecular weight excluding hydrogens is 457 g/mol. The van der Waals surface area contributed by atoms with E-state index in [0.29, 0.717) is 18.0 Å². The summed E-state index contributed by atoms with van der Waals surface area (Å²) in [5, 5.41) is 4.09. The number of piperidine rings is 1. The van der Waals surface area contributed by atoms with Gasteiger partial charge in [-0.05, 0) is 42.4 Å². The number of carbonyl (C=O) groups is 1. The van der Waals surface area contributed by atoms with E-state index >= 15 is 0 Å². The van der Waals surface area contributed by atoms with Crippen LogP contribution in [0.4, 0.5) is 10.1 Å². The molecule has 7 nitrogen and oxygen atoms in total. The van der Waals surface area contributed by atoms with Crippen molar-refractivity contribution in [2.75, 3.05) is 64.9 Å². The van der Waals surface area contributed by atoms with Crippen molar-refractivity contribution in [2.45, 2.75) is 6.42 Å². The van der Waals surface area contributed by atoms with Gasteiger partial charge in [0.25, 0.3) is 0 Å². The molecule has 1 aromatic heterocycles. The number of aromatic nitrogens is 1. The quantitative estimate of drug-likeness (QED) is 0.670. The molecule has 1 aliphatic carbocycles. The van der Waals surface area contributed by atoms with Crippen molar-refractivity contribution < 1.29 is 13.9 Å². The summed E-state index contributed by atoms with van der Waals surface area (Å²) in [7, 11) is 3.33. The number of nitrogens with zero attached hydrogens (tertiary/aromatic N) is 4. The van der Waals surface area contributed by atoms with Gasteiger partial charge in [0.15, 0.2) is 11.6 Å². The first kappa shape index (κ1) is 22.9. The van der Waals surface area contributed by atoms with Gasteiger partial charge in [-0.15, -0.1) is 0 Å². The summed E-state index contributed by atoms with van der Waals surface area (Å²) < 4.78 is 20.0. The van der Waals surface area contributed by atoms with Crippen LogP contribution in [0, 0.1) is 17.7 Å². The van der Waals surface area contributed by atoms with E-state index in [0.717, 1.165) is 73.7 Å². The summed E-state index contributed by atoms with van der Waals surface area (Å²) in [6.45, 7) is 5.98. The van der Waals surface area contributed by atoms with E-state index in [1.165, 1.54) is 13.2 Å². The summed E-state index contributed by atoms with van der Waals surface area (Å²) >= 11 is 0. The summed E-state index contributed by atoms with van der Waals surface area (Å²) in [6.07, 6.45) is 5.07. The minimum absolute atomic E-state index is 0.0308. The number of benzene rings is 1. The Bertz CT molecular complexity index is 1370. The second kappa shape index (κ2) is 9.14.